The quantitative estimate of drug-likeness (QED) is 0.253. The third-order valence-corrected chi connectivity index (χ3v) is 8.20. The lowest BCUT2D eigenvalue weighted by Gasteiger charge is -2.26. The highest BCUT2D eigenvalue weighted by Crippen LogP contribution is 2.39. The molecule has 0 aliphatic carbocycles. The predicted octanol–water partition coefficient (Wildman–Crippen LogP) is 5.10. The summed E-state index contributed by atoms with van der Waals surface area (Å²) in [5.74, 6) is 1.34. The van der Waals surface area contributed by atoms with Crippen LogP contribution in [0.5, 0.6) is 0 Å². The highest BCUT2D eigenvalue weighted by atomic mass is 19.1. The van der Waals surface area contributed by atoms with E-state index in [2.05, 4.69) is 50.9 Å². The first kappa shape index (κ1) is 27.3. The maximum Gasteiger partial charge on any atom is 0.164 e. The second-order valence-electron chi connectivity index (χ2n) is 11.1. The number of benzene rings is 3. The van der Waals surface area contributed by atoms with Gasteiger partial charge in [0, 0.05) is 53.0 Å². The van der Waals surface area contributed by atoms with Crippen molar-refractivity contribution in [3.63, 3.8) is 0 Å². The molecular formula is C33H33FN6O3. The van der Waals surface area contributed by atoms with Crippen molar-refractivity contribution in [2.75, 3.05) is 23.3 Å². The number of aromatic nitrogens is 1. The number of hydrogen-bond donors (Lipinski definition) is 4. The summed E-state index contributed by atoms with van der Waals surface area (Å²) in [4.78, 5) is 11.4. The van der Waals surface area contributed by atoms with Crippen molar-refractivity contribution in [3.05, 3.63) is 95.9 Å². The molecule has 0 saturated carbocycles. The molecule has 10 heteroatoms. The highest BCUT2D eigenvalue weighted by molar-refractivity contribution is 5.99. The van der Waals surface area contributed by atoms with Crippen molar-refractivity contribution in [2.24, 2.45) is 9.98 Å². The lowest BCUT2D eigenvalue weighted by Crippen LogP contribution is -2.30. The first-order valence-corrected chi connectivity index (χ1v) is 14.5. The molecule has 4 atom stereocenters. The third-order valence-electron chi connectivity index (χ3n) is 8.20. The van der Waals surface area contributed by atoms with Crippen molar-refractivity contribution in [3.8, 4) is 11.1 Å². The fraction of sp³-hybridized carbons (Fsp3) is 0.273. The minimum Gasteiger partial charge on any atom is -0.388 e. The van der Waals surface area contributed by atoms with E-state index >= 15 is 0 Å². The molecule has 9 nitrogen and oxygen atoms in total. The number of ether oxygens (including phenoxy) is 1. The molecule has 0 unspecified atom stereocenters. The Kier molecular flexibility index (Phi) is 7.18. The summed E-state index contributed by atoms with van der Waals surface area (Å²) in [7, 11) is 0. The van der Waals surface area contributed by atoms with Crippen molar-refractivity contribution < 1.29 is 19.3 Å². The average molecular weight is 581 g/mol. The van der Waals surface area contributed by atoms with Gasteiger partial charge in [0.25, 0.3) is 0 Å². The number of aliphatic hydroxyl groups excluding tert-OH is 2. The summed E-state index contributed by atoms with van der Waals surface area (Å²) in [5, 5.41) is 27.5. The number of aliphatic imine (C=N–C) groups is 2. The minimum atomic E-state index is -1.03. The molecule has 4 N–H and O–H groups in total. The number of nitrogens with zero attached hydrogens (tertiary/aromatic N) is 4. The standard InChI is InChI=1S/C33H33FN6O3/c1-20-29(41)30(42)33(43-20)40-16-13-23-18-39(19-37-32(23)40)26-11-12-28(38-25-9-7-24(34)8-10-25)27(17-26)21-3-5-22(6-4-21)31-35-14-2-15-36-31/h3-13,16-17,19-20,29-30,33,38,41-42H,2,14-15,18H2,1H3,(H,35,36)/t20-,29-,30-,33-/m1/s1. The number of halogens is 1. The molecule has 43 heavy (non-hydrogen) atoms. The molecule has 0 radical (unpaired) electrons. The summed E-state index contributed by atoms with van der Waals surface area (Å²) in [6.45, 7) is 4.07. The molecule has 4 aromatic rings. The molecule has 3 aliphatic rings. The topological polar surface area (TPSA) is 107 Å². The molecule has 0 bridgehead atoms. The van der Waals surface area contributed by atoms with Crippen molar-refractivity contribution in [1.82, 2.24) is 9.88 Å². The van der Waals surface area contributed by atoms with Crippen LogP contribution in [-0.2, 0) is 11.3 Å². The molecule has 3 aromatic carbocycles. The summed E-state index contributed by atoms with van der Waals surface area (Å²) in [5.41, 5.74) is 6.65. The highest BCUT2D eigenvalue weighted by Gasteiger charge is 2.42. The zero-order valence-electron chi connectivity index (χ0n) is 23.7. The molecule has 3 aliphatic heterocycles. The Morgan fingerprint density at radius 3 is 2.49 bits per heavy atom. The van der Waals surface area contributed by atoms with Crippen LogP contribution in [0.4, 0.5) is 27.3 Å². The third kappa shape index (κ3) is 5.29. The Hall–Kier alpha value is -4.51. The first-order chi connectivity index (χ1) is 20.9. The monoisotopic (exact) mass is 580 g/mol. The number of rotatable bonds is 6. The largest absolute Gasteiger partial charge is 0.388 e. The number of anilines is 3. The van der Waals surface area contributed by atoms with Crippen LogP contribution in [0.25, 0.3) is 11.1 Å². The van der Waals surface area contributed by atoms with Crippen LogP contribution in [0.1, 0.15) is 30.7 Å². The summed E-state index contributed by atoms with van der Waals surface area (Å²) in [6.07, 6.45) is 1.52. The first-order valence-electron chi connectivity index (χ1n) is 14.5. The molecule has 0 amide bonds. The maximum atomic E-state index is 13.6. The zero-order chi connectivity index (χ0) is 29.5. The van der Waals surface area contributed by atoms with Crippen LogP contribution in [0, 0.1) is 5.82 Å². The van der Waals surface area contributed by atoms with Gasteiger partial charge < -0.3 is 35.1 Å². The predicted molar refractivity (Wildman–Crippen MR) is 166 cm³/mol. The van der Waals surface area contributed by atoms with Gasteiger partial charge in [-0.1, -0.05) is 24.3 Å². The molecule has 1 aromatic heterocycles. The molecule has 7 rings (SSSR count). The van der Waals surface area contributed by atoms with Gasteiger partial charge in [0.05, 0.1) is 19.0 Å². The fourth-order valence-electron chi connectivity index (χ4n) is 5.80. The van der Waals surface area contributed by atoms with Gasteiger partial charge in [-0.25, -0.2) is 9.38 Å². The Bertz CT molecular complexity index is 1680. The van der Waals surface area contributed by atoms with Gasteiger partial charge in [-0.05, 0) is 67.4 Å². The molecule has 4 heterocycles. The number of hydrogen-bond acceptors (Lipinski definition) is 8. The molecule has 1 saturated heterocycles. The number of fused-ring (bicyclic) bond motifs is 1. The van der Waals surface area contributed by atoms with Gasteiger partial charge in [-0.15, -0.1) is 0 Å². The van der Waals surface area contributed by atoms with E-state index in [1.54, 1.807) is 30.0 Å². The average Bonchev–Trinajstić information content (AvgIpc) is 3.58. The van der Waals surface area contributed by atoms with Gasteiger partial charge in [0.15, 0.2) is 6.23 Å². The van der Waals surface area contributed by atoms with Gasteiger partial charge in [-0.2, -0.15) is 0 Å². The molecule has 1 fully saturated rings. The number of amidine groups is 1. The smallest absolute Gasteiger partial charge is 0.164 e. The number of nitrogens with one attached hydrogen (secondary N) is 2. The van der Waals surface area contributed by atoms with Crippen LogP contribution in [0.15, 0.2) is 89.0 Å². The van der Waals surface area contributed by atoms with Crippen LogP contribution in [0.2, 0.25) is 0 Å². The van der Waals surface area contributed by atoms with Crippen LogP contribution < -0.4 is 15.5 Å². The van der Waals surface area contributed by atoms with E-state index in [0.717, 1.165) is 64.7 Å². The summed E-state index contributed by atoms with van der Waals surface area (Å²) in [6, 6.07) is 22.8. The minimum absolute atomic E-state index is 0.284. The van der Waals surface area contributed by atoms with Crippen molar-refractivity contribution >= 4 is 35.1 Å². The van der Waals surface area contributed by atoms with E-state index in [1.165, 1.54) is 12.1 Å². The zero-order valence-corrected chi connectivity index (χ0v) is 23.7. The number of aliphatic hydroxyl groups is 2. The summed E-state index contributed by atoms with van der Waals surface area (Å²) < 4.78 is 21.2. The normalized spacial score (nSPS) is 23.1. The molecule has 220 valence electrons. The van der Waals surface area contributed by atoms with Gasteiger partial charge in [-0.3, -0.25) is 4.99 Å². The SMILES string of the molecule is C[C@H]1O[C@@H](n2ccc3c2N=CN(c2ccc(Nc4ccc(F)cc4)c(-c4ccc(C5=NCCCN5)cc4)c2)C3)[C@H](O)[C@@H]1O. The van der Waals surface area contributed by atoms with E-state index in [-0.39, 0.29) is 5.82 Å². The van der Waals surface area contributed by atoms with Gasteiger partial charge in [0.2, 0.25) is 0 Å². The Balaban J connectivity index is 1.20. The second-order valence-corrected chi connectivity index (χ2v) is 11.1. The lowest BCUT2D eigenvalue weighted by atomic mass is 10.00. The Labute approximate surface area is 249 Å². The van der Waals surface area contributed by atoms with E-state index < -0.39 is 24.5 Å². The summed E-state index contributed by atoms with van der Waals surface area (Å²) >= 11 is 0. The van der Waals surface area contributed by atoms with Gasteiger partial charge in [0.1, 0.15) is 29.7 Å². The van der Waals surface area contributed by atoms with Crippen LogP contribution >= 0.6 is 0 Å². The van der Waals surface area contributed by atoms with E-state index in [4.69, 9.17) is 9.73 Å². The lowest BCUT2D eigenvalue weighted by molar-refractivity contribution is -0.0308. The molecule has 0 spiro atoms. The Morgan fingerprint density at radius 1 is 0.977 bits per heavy atom. The maximum absolute atomic E-state index is 13.6. The molecular weight excluding hydrogens is 547 g/mol. The van der Waals surface area contributed by atoms with Crippen molar-refractivity contribution in [2.45, 2.75) is 44.4 Å². The van der Waals surface area contributed by atoms with Crippen LogP contribution in [0.3, 0.4) is 0 Å². The van der Waals surface area contributed by atoms with Crippen molar-refractivity contribution in [1.29, 1.82) is 0 Å². The van der Waals surface area contributed by atoms with E-state index in [0.29, 0.717) is 12.4 Å². The fourth-order valence-corrected chi connectivity index (χ4v) is 5.80. The van der Waals surface area contributed by atoms with Gasteiger partial charge >= 0.3 is 0 Å². The van der Waals surface area contributed by atoms with E-state index in [1.807, 2.05) is 24.4 Å². The van der Waals surface area contributed by atoms with E-state index in [9.17, 15) is 14.6 Å². The van der Waals surface area contributed by atoms with Crippen LogP contribution in [-0.4, -0.2) is 58.4 Å². The Morgan fingerprint density at radius 2 is 1.77 bits per heavy atom. The second kappa shape index (κ2) is 11.3.